The summed E-state index contributed by atoms with van der Waals surface area (Å²) >= 11 is 12.1. The minimum atomic E-state index is -1.56. The van der Waals surface area contributed by atoms with E-state index in [1.54, 1.807) is 48.5 Å². The number of rotatable bonds is 5. The zero-order valence-electron chi connectivity index (χ0n) is 16.9. The van der Waals surface area contributed by atoms with Crippen molar-refractivity contribution in [3.05, 3.63) is 81.0 Å². The zero-order chi connectivity index (χ0) is 22.2. The molecular weight excluding hydrogens is 423 g/mol. The molecule has 0 bridgehead atoms. The SMILES string of the molecule is CC(=O)C1=C(O)C[C@@H](c2ccc(Cl)cc2)C(C(C)=O)(C(C)=O)C1c1ccc(Cl)cc1. The van der Waals surface area contributed by atoms with Gasteiger partial charge < -0.3 is 5.11 Å². The first kappa shape index (κ1) is 22.3. The van der Waals surface area contributed by atoms with E-state index in [2.05, 4.69) is 0 Å². The Labute approximate surface area is 185 Å². The van der Waals surface area contributed by atoms with Gasteiger partial charge in [-0.2, -0.15) is 0 Å². The number of aliphatic hydroxyl groups excluding tert-OH is 1. The molecule has 1 aliphatic rings. The van der Waals surface area contributed by atoms with Gasteiger partial charge >= 0.3 is 0 Å². The van der Waals surface area contributed by atoms with Gasteiger partial charge in [0.05, 0.1) is 0 Å². The molecule has 1 unspecified atom stereocenters. The normalized spacial score (nSPS) is 20.7. The Balaban J connectivity index is 2.40. The Morgan fingerprint density at radius 3 is 1.67 bits per heavy atom. The summed E-state index contributed by atoms with van der Waals surface area (Å²) < 4.78 is 0. The number of hydrogen-bond donors (Lipinski definition) is 1. The first-order valence-electron chi connectivity index (χ1n) is 9.56. The van der Waals surface area contributed by atoms with Crippen LogP contribution in [-0.4, -0.2) is 22.5 Å². The highest BCUT2D eigenvalue weighted by Gasteiger charge is 2.59. The molecular formula is C24H22Cl2O4. The lowest BCUT2D eigenvalue weighted by Gasteiger charge is -2.47. The zero-order valence-corrected chi connectivity index (χ0v) is 18.4. The minimum Gasteiger partial charge on any atom is -0.512 e. The van der Waals surface area contributed by atoms with Gasteiger partial charge in [0, 0.05) is 33.9 Å². The molecule has 0 heterocycles. The van der Waals surface area contributed by atoms with E-state index in [9.17, 15) is 19.5 Å². The third-order valence-electron chi connectivity index (χ3n) is 6.02. The molecule has 0 saturated heterocycles. The van der Waals surface area contributed by atoms with Crippen LogP contribution in [0.1, 0.15) is 50.2 Å². The molecule has 4 nitrogen and oxygen atoms in total. The largest absolute Gasteiger partial charge is 0.512 e. The van der Waals surface area contributed by atoms with Crippen LogP contribution in [0, 0.1) is 5.41 Å². The molecule has 2 aromatic carbocycles. The fourth-order valence-electron chi connectivity index (χ4n) is 4.77. The first-order chi connectivity index (χ1) is 14.1. The van der Waals surface area contributed by atoms with Crippen molar-refractivity contribution < 1.29 is 19.5 Å². The fourth-order valence-corrected chi connectivity index (χ4v) is 5.02. The van der Waals surface area contributed by atoms with Crippen LogP contribution in [0.15, 0.2) is 59.9 Å². The molecule has 1 N–H and O–H groups in total. The topological polar surface area (TPSA) is 71.4 Å². The predicted octanol–water partition coefficient (Wildman–Crippen LogP) is 5.83. The number of allylic oxidation sites excluding steroid dienone is 2. The van der Waals surface area contributed by atoms with Gasteiger partial charge in [0.25, 0.3) is 0 Å². The fraction of sp³-hybridized carbons (Fsp3) is 0.292. The molecule has 3 rings (SSSR count). The Kier molecular flexibility index (Phi) is 6.21. The van der Waals surface area contributed by atoms with E-state index in [1.165, 1.54) is 20.8 Å². The summed E-state index contributed by atoms with van der Waals surface area (Å²) in [5, 5.41) is 11.9. The summed E-state index contributed by atoms with van der Waals surface area (Å²) in [4.78, 5) is 39.1. The smallest absolute Gasteiger partial charge is 0.159 e. The molecule has 30 heavy (non-hydrogen) atoms. The maximum absolute atomic E-state index is 13.2. The molecule has 0 spiro atoms. The number of halogens is 2. The second-order valence-electron chi connectivity index (χ2n) is 7.69. The number of aliphatic hydroxyl groups is 1. The van der Waals surface area contributed by atoms with E-state index in [0.717, 1.165) is 0 Å². The van der Waals surface area contributed by atoms with Crippen molar-refractivity contribution in [2.45, 2.75) is 39.0 Å². The van der Waals surface area contributed by atoms with Gasteiger partial charge in [-0.05, 0) is 56.2 Å². The van der Waals surface area contributed by atoms with Crippen molar-refractivity contribution in [1.82, 2.24) is 0 Å². The van der Waals surface area contributed by atoms with E-state index < -0.39 is 17.3 Å². The average molecular weight is 445 g/mol. The van der Waals surface area contributed by atoms with Crippen LogP contribution in [0.25, 0.3) is 0 Å². The molecule has 6 heteroatoms. The number of ketones is 3. The number of benzene rings is 2. The van der Waals surface area contributed by atoms with Gasteiger partial charge in [-0.1, -0.05) is 47.5 Å². The summed E-state index contributed by atoms with van der Waals surface area (Å²) in [6, 6.07) is 13.5. The van der Waals surface area contributed by atoms with Gasteiger partial charge in [0.2, 0.25) is 0 Å². The molecule has 0 aromatic heterocycles. The predicted molar refractivity (Wildman–Crippen MR) is 117 cm³/mol. The molecule has 2 aromatic rings. The summed E-state index contributed by atoms with van der Waals surface area (Å²) in [6.07, 6.45) is -0.000203. The van der Waals surface area contributed by atoms with Gasteiger partial charge in [0.1, 0.15) is 22.7 Å². The van der Waals surface area contributed by atoms with Gasteiger partial charge in [-0.3, -0.25) is 14.4 Å². The Bertz CT molecular complexity index is 1020. The van der Waals surface area contributed by atoms with E-state index in [-0.39, 0.29) is 35.1 Å². The van der Waals surface area contributed by atoms with Crippen molar-refractivity contribution in [2.24, 2.45) is 5.41 Å². The minimum absolute atomic E-state index is 0.000203. The standard InChI is InChI=1S/C24H22Cl2O4/c1-13(27)22-21(30)12-20(16-4-8-18(25)9-5-16)24(14(2)28,15(3)29)23(22)17-6-10-19(26)11-7-17/h4-11,20,23,30H,12H2,1-3H3/t20-,23?/m0/s1. The molecule has 0 fully saturated rings. The van der Waals surface area contributed by atoms with Gasteiger partial charge in [-0.25, -0.2) is 0 Å². The quantitative estimate of drug-likeness (QED) is 0.588. The number of Topliss-reactive ketones (excluding diaryl/α,β-unsaturated/α-hetero) is 3. The lowest BCUT2D eigenvalue weighted by Crippen LogP contribution is -2.51. The van der Waals surface area contributed by atoms with Crippen molar-refractivity contribution >= 4 is 40.6 Å². The summed E-state index contributed by atoms with van der Waals surface area (Å²) in [5.41, 5.74) is -0.208. The molecule has 0 saturated carbocycles. The molecule has 0 amide bonds. The van der Waals surface area contributed by atoms with E-state index in [4.69, 9.17) is 23.2 Å². The van der Waals surface area contributed by atoms with Crippen molar-refractivity contribution in [3.63, 3.8) is 0 Å². The van der Waals surface area contributed by atoms with Crippen LogP contribution in [0.2, 0.25) is 10.0 Å². The maximum atomic E-state index is 13.2. The maximum Gasteiger partial charge on any atom is 0.159 e. The van der Waals surface area contributed by atoms with Crippen LogP contribution in [0.3, 0.4) is 0 Å². The third-order valence-corrected chi connectivity index (χ3v) is 6.53. The molecule has 1 aliphatic carbocycles. The van der Waals surface area contributed by atoms with Gasteiger partial charge in [-0.15, -0.1) is 0 Å². The van der Waals surface area contributed by atoms with Crippen molar-refractivity contribution in [1.29, 1.82) is 0 Å². The molecule has 156 valence electrons. The third kappa shape index (κ3) is 3.59. The Morgan fingerprint density at radius 1 is 0.833 bits per heavy atom. The van der Waals surface area contributed by atoms with Crippen molar-refractivity contribution in [3.8, 4) is 0 Å². The number of carbonyl (C=O) groups excluding carboxylic acids is 3. The summed E-state index contributed by atoms with van der Waals surface area (Å²) in [7, 11) is 0. The Morgan fingerprint density at radius 2 is 1.27 bits per heavy atom. The van der Waals surface area contributed by atoms with Crippen LogP contribution in [0.4, 0.5) is 0 Å². The Hall–Kier alpha value is -2.43. The number of carbonyl (C=O) groups is 3. The van der Waals surface area contributed by atoms with Crippen LogP contribution < -0.4 is 0 Å². The molecule has 2 atom stereocenters. The molecule has 0 aliphatic heterocycles. The summed E-state index contributed by atoms with van der Waals surface area (Å²) in [5.74, 6) is -2.80. The highest BCUT2D eigenvalue weighted by Crippen LogP contribution is 2.58. The van der Waals surface area contributed by atoms with Gasteiger partial charge in [0.15, 0.2) is 5.78 Å². The second-order valence-corrected chi connectivity index (χ2v) is 8.56. The van der Waals surface area contributed by atoms with E-state index in [1.807, 2.05) is 0 Å². The lowest BCUT2D eigenvalue weighted by atomic mass is 9.52. The summed E-state index contributed by atoms with van der Waals surface area (Å²) in [6.45, 7) is 4.07. The monoisotopic (exact) mass is 444 g/mol. The average Bonchev–Trinajstić information content (AvgIpc) is 2.67. The van der Waals surface area contributed by atoms with Crippen LogP contribution in [0.5, 0.6) is 0 Å². The van der Waals surface area contributed by atoms with Crippen LogP contribution in [-0.2, 0) is 14.4 Å². The van der Waals surface area contributed by atoms with E-state index in [0.29, 0.717) is 21.2 Å². The highest BCUT2D eigenvalue weighted by atomic mass is 35.5. The molecule has 0 radical (unpaired) electrons. The van der Waals surface area contributed by atoms with Crippen LogP contribution >= 0.6 is 23.2 Å². The lowest BCUT2D eigenvalue weighted by molar-refractivity contribution is -0.142. The second kappa shape index (κ2) is 8.37. The number of hydrogen-bond acceptors (Lipinski definition) is 4. The van der Waals surface area contributed by atoms with Crippen molar-refractivity contribution in [2.75, 3.05) is 0 Å². The first-order valence-corrected chi connectivity index (χ1v) is 10.3. The van der Waals surface area contributed by atoms with E-state index >= 15 is 0 Å². The highest BCUT2D eigenvalue weighted by molar-refractivity contribution is 6.30.